The number of aromatic nitrogens is 2. The highest BCUT2D eigenvalue weighted by Crippen LogP contribution is 2.25. The highest BCUT2D eigenvalue weighted by molar-refractivity contribution is 6.04. The predicted molar refractivity (Wildman–Crippen MR) is 121 cm³/mol. The van der Waals surface area contributed by atoms with Crippen molar-refractivity contribution in [3.8, 4) is 11.3 Å². The third-order valence-electron chi connectivity index (χ3n) is 4.57. The smallest absolute Gasteiger partial charge is 0.338 e. The van der Waals surface area contributed by atoms with Gasteiger partial charge in [-0.3, -0.25) is 9.78 Å². The first-order valence-electron chi connectivity index (χ1n) is 9.53. The molecule has 0 saturated heterocycles. The molecular weight excluding hydrogens is 414 g/mol. The van der Waals surface area contributed by atoms with E-state index in [2.05, 4.69) is 15.3 Å². The van der Waals surface area contributed by atoms with Crippen molar-refractivity contribution in [2.45, 2.75) is 0 Å². The van der Waals surface area contributed by atoms with Gasteiger partial charge in [0, 0.05) is 28.9 Å². The first-order chi connectivity index (χ1) is 14.7. The number of benzene rings is 2. The Bertz CT molecular complexity index is 1180. The molecule has 0 bridgehead atoms. The fraction of sp³-hybridized carbons (Fsp3) is 0.0833. The van der Waals surface area contributed by atoms with E-state index in [0.717, 1.165) is 16.5 Å². The molecule has 6 nitrogen and oxygen atoms in total. The molecule has 0 aliphatic rings. The van der Waals surface area contributed by atoms with Crippen molar-refractivity contribution in [3.05, 3.63) is 96.3 Å². The lowest BCUT2D eigenvalue weighted by molar-refractivity contribution is 0.0505. The summed E-state index contributed by atoms with van der Waals surface area (Å²) in [5.74, 6) is -0.696. The van der Waals surface area contributed by atoms with E-state index in [-0.39, 0.29) is 31.5 Å². The number of nitrogens with zero attached hydrogens (tertiary/aromatic N) is 2. The molecule has 0 saturated carbocycles. The second kappa shape index (κ2) is 10.3. The predicted octanol–water partition coefficient (Wildman–Crippen LogP) is 4.31. The number of nitrogens with one attached hydrogen (secondary N) is 1. The molecule has 2 aromatic carbocycles. The van der Waals surface area contributed by atoms with Crippen LogP contribution in [-0.2, 0) is 4.74 Å². The third-order valence-corrected chi connectivity index (χ3v) is 4.57. The van der Waals surface area contributed by atoms with Gasteiger partial charge in [0.1, 0.15) is 6.61 Å². The summed E-state index contributed by atoms with van der Waals surface area (Å²) >= 11 is 0. The van der Waals surface area contributed by atoms with Crippen molar-refractivity contribution >= 4 is 35.2 Å². The Morgan fingerprint density at radius 1 is 0.903 bits per heavy atom. The molecule has 0 spiro atoms. The van der Waals surface area contributed by atoms with E-state index in [0.29, 0.717) is 16.8 Å². The number of rotatable bonds is 6. The average molecular weight is 434 g/mol. The van der Waals surface area contributed by atoms with Crippen LogP contribution in [0, 0.1) is 0 Å². The van der Waals surface area contributed by atoms with Crippen LogP contribution >= 0.6 is 12.4 Å². The number of halogens is 1. The van der Waals surface area contributed by atoms with Crippen molar-refractivity contribution in [1.82, 2.24) is 15.3 Å². The standard InChI is InChI=1S/C24H19N3O3.ClH/c28-23(18-10-12-25-13-11-18)26-14-15-30-24(29)20-16-22(17-6-2-1-3-7-17)27-21-9-5-4-8-19(20)21;/h1-13,16H,14-15H2,(H,26,28);1H. The number of hydrogen-bond acceptors (Lipinski definition) is 5. The van der Waals surface area contributed by atoms with E-state index in [1.807, 2.05) is 54.6 Å². The fourth-order valence-electron chi connectivity index (χ4n) is 3.09. The van der Waals surface area contributed by atoms with Gasteiger partial charge in [0.25, 0.3) is 5.91 Å². The molecule has 156 valence electrons. The van der Waals surface area contributed by atoms with Crippen molar-refractivity contribution in [2.24, 2.45) is 0 Å². The molecule has 7 heteroatoms. The van der Waals surface area contributed by atoms with Gasteiger partial charge in [-0.05, 0) is 24.3 Å². The molecule has 4 rings (SSSR count). The molecule has 0 aliphatic carbocycles. The summed E-state index contributed by atoms with van der Waals surface area (Å²) in [6, 6.07) is 22.1. The van der Waals surface area contributed by atoms with Crippen molar-refractivity contribution < 1.29 is 14.3 Å². The lowest BCUT2D eigenvalue weighted by Gasteiger charge is -2.11. The number of para-hydroxylation sites is 1. The number of esters is 1. The molecular formula is C24H20ClN3O3. The van der Waals surface area contributed by atoms with Crippen LogP contribution in [0.1, 0.15) is 20.7 Å². The number of carbonyl (C=O) groups is 2. The van der Waals surface area contributed by atoms with E-state index >= 15 is 0 Å². The molecule has 0 aliphatic heterocycles. The minimum absolute atomic E-state index is 0. The van der Waals surface area contributed by atoms with Crippen LogP contribution in [0.3, 0.4) is 0 Å². The maximum absolute atomic E-state index is 12.8. The number of fused-ring (bicyclic) bond motifs is 1. The van der Waals surface area contributed by atoms with Crippen molar-refractivity contribution in [2.75, 3.05) is 13.2 Å². The fourth-order valence-corrected chi connectivity index (χ4v) is 3.09. The zero-order chi connectivity index (χ0) is 20.8. The summed E-state index contributed by atoms with van der Waals surface area (Å²) in [6.45, 7) is 0.272. The van der Waals surface area contributed by atoms with E-state index in [1.165, 1.54) is 0 Å². The quantitative estimate of drug-likeness (QED) is 0.362. The summed E-state index contributed by atoms with van der Waals surface area (Å²) in [5.41, 5.74) is 3.29. The Kier molecular flexibility index (Phi) is 7.30. The van der Waals surface area contributed by atoms with Gasteiger partial charge < -0.3 is 10.1 Å². The van der Waals surface area contributed by atoms with Crippen LogP contribution in [0.25, 0.3) is 22.2 Å². The second-order valence-electron chi connectivity index (χ2n) is 6.57. The molecule has 0 atom stereocenters. The Hall–Kier alpha value is -3.77. The van der Waals surface area contributed by atoms with E-state index in [1.54, 1.807) is 30.6 Å². The Morgan fingerprint density at radius 3 is 2.39 bits per heavy atom. The molecule has 0 unspecified atom stereocenters. The van der Waals surface area contributed by atoms with E-state index in [4.69, 9.17) is 4.74 Å². The third kappa shape index (κ3) is 5.24. The minimum atomic E-state index is -0.455. The summed E-state index contributed by atoms with van der Waals surface area (Å²) < 4.78 is 5.42. The van der Waals surface area contributed by atoms with Gasteiger partial charge in [-0.25, -0.2) is 9.78 Å². The van der Waals surface area contributed by atoms with Gasteiger partial charge in [0.05, 0.1) is 23.3 Å². The second-order valence-corrected chi connectivity index (χ2v) is 6.57. The monoisotopic (exact) mass is 433 g/mol. The zero-order valence-corrected chi connectivity index (χ0v) is 17.3. The normalized spacial score (nSPS) is 10.2. The largest absolute Gasteiger partial charge is 0.460 e. The average Bonchev–Trinajstić information content (AvgIpc) is 2.82. The number of amides is 1. The van der Waals surface area contributed by atoms with E-state index < -0.39 is 5.97 Å². The molecule has 31 heavy (non-hydrogen) atoms. The molecule has 2 aromatic heterocycles. The van der Waals surface area contributed by atoms with Crippen molar-refractivity contribution in [3.63, 3.8) is 0 Å². The number of carbonyl (C=O) groups excluding carboxylic acids is 2. The van der Waals surface area contributed by atoms with Gasteiger partial charge >= 0.3 is 5.97 Å². The highest BCUT2D eigenvalue weighted by atomic mass is 35.5. The van der Waals surface area contributed by atoms with Crippen LogP contribution in [-0.4, -0.2) is 35.0 Å². The zero-order valence-electron chi connectivity index (χ0n) is 16.5. The highest BCUT2D eigenvalue weighted by Gasteiger charge is 2.15. The van der Waals surface area contributed by atoms with Crippen LogP contribution in [0.15, 0.2) is 85.2 Å². The first-order valence-corrected chi connectivity index (χ1v) is 9.53. The van der Waals surface area contributed by atoms with Crippen LogP contribution in [0.2, 0.25) is 0 Å². The van der Waals surface area contributed by atoms with E-state index in [9.17, 15) is 9.59 Å². The molecule has 4 aromatic rings. The summed E-state index contributed by atoms with van der Waals surface area (Å²) in [7, 11) is 0. The lowest BCUT2D eigenvalue weighted by atomic mass is 10.0. The van der Waals surface area contributed by atoms with Crippen LogP contribution in [0.5, 0.6) is 0 Å². The molecule has 1 N–H and O–H groups in total. The van der Waals surface area contributed by atoms with Gasteiger partial charge in [0.15, 0.2) is 0 Å². The molecule has 0 fully saturated rings. The molecule has 1 amide bonds. The van der Waals surface area contributed by atoms with Gasteiger partial charge in [-0.2, -0.15) is 0 Å². The topological polar surface area (TPSA) is 81.2 Å². The number of pyridine rings is 2. The van der Waals surface area contributed by atoms with Gasteiger partial charge in [0.2, 0.25) is 0 Å². The summed E-state index contributed by atoms with van der Waals surface area (Å²) in [4.78, 5) is 33.4. The minimum Gasteiger partial charge on any atom is -0.460 e. The lowest BCUT2D eigenvalue weighted by Crippen LogP contribution is -2.28. The summed E-state index contributed by atoms with van der Waals surface area (Å²) in [6.07, 6.45) is 3.10. The molecule has 2 heterocycles. The van der Waals surface area contributed by atoms with Crippen LogP contribution in [0.4, 0.5) is 0 Å². The number of ether oxygens (including phenoxy) is 1. The Morgan fingerprint density at radius 2 is 1.61 bits per heavy atom. The number of hydrogen-bond donors (Lipinski definition) is 1. The van der Waals surface area contributed by atoms with Crippen molar-refractivity contribution in [1.29, 1.82) is 0 Å². The molecule has 0 radical (unpaired) electrons. The SMILES string of the molecule is Cl.O=C(NCCOC(=O)c1cc(-c2ccccc2)nc2ccccc12)c1ccncc1. The maximum Gasteiger partial charge on any atom is 0.338 e. The first kappa shape index (κ1) is 21.9. The Labute approximate surface area is 185 Å². The van der Waals surface area contributed by atoms with Gasteiger partial charge in [-0.15, -0.1) is 12.4 Å². The Balaban J connectivity index is 0.00000272. The summed E-state index contributed by atoms with van der Waals surface area (Å²) in [5, 5.41) is 3.45. The van der Waals surface area contributed by atoms with Crippen LogP contribution < -0.4 is 5.32 Å². The van der Waals surface area contributed by atoms with Gasteiger partial charge in [-0.1, -0.05) is 48.5 Å². The maximum atomic E-state index is 12.8.